The molecule has 0 aliphatic carbocycles. The van der Waals surface area contributed by atoms with Crippen LogP contribution in [0.2, 0.25) is 10.0 Å². The van der Waals surface area contributed by atoms with Crippen molar-refractivity contribution in [1.29, 1.82) is 0 Å². The van der Waals surface area contributed by atoms with Crippen molar-refractivity contribution in [3.05, 3.63) is 64.2 Å². The second kappa shape index (κ2) is 6.98. The van der Waals surface area contributed by atoms with E-state index >= 15 is 0 Å². The normalized spacial score (nSPS) is 10.6. The van der Waals surface area contributed by atoms with Gasteiger partial charge in [0.05, 0.1) is 22.7 Å². The SMILES string of the molecule is O=C(Cc1noc(-c2ccc(Cl)cc2Cl)n1)Nc1ccccc1F. The number of carbonyl (C=O) groups is 1. The molecule has 0 saturated carbocycles. The van der Waals surface area contributed by atoms with E-state index in [0.717, 1.165) is 0 Å². The lowest BCUT2D eigenvalue weighted by molar-refractivity contribution is -0.115. The minimum Gasteiger partial charge on any atom is -0.334 e. The Hall–Kier alpha value is -2.44. The van der Waals surface area contributed by atoms with Crippen molar-refractivity contribution in [2.75, 3.05) is 5.32 Å². The van der Waals surface area contributed by atoms with Crippen LogP contribution in [0.1, 0.15) is 5.82 Å². The number of amides is 1. The summed E-state index contributed by atoms with van der Waals surface area (Å²) in [4.78, 5) is 16.1. The van der Waals surface area contributed by atoms with Gasteiger partial charge in [0.25, 0.3) is 5.89 Å². The number of hydrogen-bond acceptors (Lipinski definition) is 4. The Kier molecular flexibility index (Phi) is 4.78. The highest BCUT2D eigenvalue weighted by atomic mass is 35.5. The molecule has 3 aromatic rings. The highest BCUT2D eigenvalue weighted by Gasteiger charge is 2.15. The summed E-state index contributed by atoms with van der Waals surface area (Å²) in [6.07, 6.45) is -0.164. The van der Waals surface area contributed by atoms with Crippen molar-refractivity contribution in [2.45, 2.75) is 6.42 Å². The summed E-state index contributed by atoms with van der Waals surface area (Å²) in [5.74, 6) is -0.655. The summed E-state index contributed by atoms with van der Waals surface area (Å²) >= 11 is 11.9. The van der Waals surface area contributed by atoms with Crippen LogP contribution in [0.3, 0.4) is 0 Å². The Labute approximate surface area is 146 Å². The lowest BCUT2D eigenvalue weighted by Gasteiger charge is -2.03. The largest absolute Gasteiger partial charge is 0.334 e. The number of anilines is 1. The molecule has 0 saturated heterocycles. The second-order valence-electron chi connectivity index (χ2n) is 4.84. The molecule has 0 aliphatic rings. The van der Waals surface area contributed by atoms with Gasteiger partial charge in [0.1, 0.15) is 5.82 Å². The van der Waals surface area contributed by atoms with E-state index in [1.54, 1.807) is 24.3 Å². The van der Waals surface area contributed by atoms with Crippen molar-refractivity contribution < 1.29 is 13.7 Å². The first-order valence-electron chi connectivity index (χ1n) is 6.85. The fourth-order valence-electron chi connectivity index (χ4n) is 2.00. The van der Waals surface area contributed by atoms with Crippen molar-refractivity contribution in [3.8, 4) is 11.5 Å². The van der Waals surface area contributed by atoms with Gasteiger partial charge in [-0.2, -0.15) is 4.98 Å². The van der Waals surface area contributed by atoms with E-state index in [1.807, 2.05) is 0 Å². The average molecular weight is 366 g/mol. The molecule has 0 fully saturated rings. The number of rotatable bonds is 4. The molecule has 0 atom stereocenters. The van der Waals surface area contributed by atoms with Crippen LogP contribution in [0.15, 0.2) is 47.0 Å². The molecular formula is C16H10Cl2FN3O2. The van der Waals surface area contributed by atoms with Gasteiger partial charge in [-0.25, -0.2) is 4.39 Å². The second-order valence-corrected chi connectivity index (χ2v) is 5.69. The summed E-state index contributed by atoms with van der Waals surface area (Å²) in [6.45, 7) is 0. The molecular weight excluding hydrogens is 356 g/mol. The molecule has 122 valence electrons. The number of hydrogen-bond donors (Lipinski definition) is 1. The standard InChI is InChI=1S/C16H10Cl2FN3O2/c17-9-5-6-10(11(18)7-9)16-21-14(22-24-16)8-15(23)20-13-4-2-1-3-12(13)19/h1-7H,8H2,(H,20,23). The molecule has 2 aromatic carbocycles. The fourth-order valence-corrected chi connectivity index (χ4v) is 2.49. The molecule has 3 rings (SSSR count). The molecule has 24 heavy (non-hydrogen) atoms. The van der Waals surface area contributed by atoms with Gasteiger partial charge in [-0.3, -0.25) is 4.79 Å². The zero-order valence-electron chi connectivity index (χ0n) is 12.1. The van der Waals surface area contributed by atoms with Crippen LogP contribution in [0, 0.1) is 5.82 Å². The Bertz CT molecular complexity index is 899. The number of halogens is 3. The van der Waals surface area contributed by atoms with Gasteiger partial charge >= 0.3 is 0 Å². The quantitative estimate of drug-likeness (QED) is 0.745. The number of para-hydroxylation sites is 1. The molecule has 0 spiro atoms. The van der Waals surface area contributed by atoms with Crippen LogP contribution >= 0.6 is 23.2 Å². The van der Waals surface area contributed by atoms with Crippen molar-refractivity contribution in [2.24, 2.45) is 0 Å². The van der Waals surface area contributed by atoms with Gasteiger partial charge in [-0.15, -0.1) is 0 Å². The molecule has 0 aliphatic heterocycles. The fraction of sp³-hybridized carbons (Fsp3) is 0.0625. The van der Waals surface area contributed by atoms with Crippen molar-refractivity contribution >= 4 is 34.8 Å². The monoisotopic (exact) mass is 365 g/mol. The summed E-state index contributed by atoms with van der Waals surface area (Å²) in [5.41, 5.74) is 0.598. The number of nitrogens with one attached hydrogen (secondary N) is 1. The van der Waals surface area contributed by atoms with Gasteiger partial charge < -0.3 is 9.84 Å². The van der Waals surface area contributed by atoms with E-state index in [9.17, 15) is 9.18 Å². The summed E-state index contributed by atoms with van der Waals surface area (Å²) < 4.78 is 18.6. The zero-order valence-corrected chi connectivity index (χ0v) is 13.6. The van der Waals surface area contributed by atoms with Crippen molar-refractivity contribution in [3.63, 3.8) is 0 Å². The lowest BCUT2D eigenvalue weighted by atomic mass is 10.2. The van der Waals surface area contributed by atoms with E-state index in [2.05, 4.69) is 15.5 Å². The molecule has 0 radical (unpaired) electrons. The molecule has 0 bridgehead atoms. The number of carbonyl (C=O) groups excluding carboxylic acids is 1. The first kappa shape index (κ1) is 16.4. The maximum Gasteiger partial charge on any atom is 0.259 e. The number of aromatic nitrogens is 2. The highest BCUT2D eigenvalue weighted by molar-refractivity contribution is 6.36. The van der Waals surface area contributed by atoms with Gasteiger partial charge in [0.2, 0.25) is 5.91 Å². The van der Waals surface area contributed by atoms with Gasteiger partial charge in [0.15, 0.2) is 5.82 Å². The van der Waals surface area contributed by atoms with Gasteiger partial charge in [-0.05, 0) is 30.3 Å². The lowest BCUT2D eigenvalue weighted by Crippen LogP contribution is -2.16. The Morgan fingerprint density at radius 3 is 2.75 bits per heavy atom. The molecule has 0 unspecified atom stereocenters. The smallest absolute Gasteiger partial charge is 0.259 e. The Morgan fingerprint density at radius 1 is 1.21 bits per heavy atom. The first-order valence-corrected chi connectivity index (χ1v) is 7.61. The molecule has 8 heteroatoms. The minimum atomic E-state index is -0.521. The third kappa shape index (κ3) is 3.72. The van der Waals surface area contributed by atoms with E-state index < -0.39 is 11.7 Å². The van der Waals surface area contributed by atoms with Crippen molar-refractivity contribution in [1.82, 2.24) is 10.1 Å². The number of benzene rings is 2. The molecule has 1 N–H and O–H groups in total. The number of nitrogens with zero attached hydrogens (tertiary/aromatic N) is 2. The van der Waals surface area contributed by atoms with Crippen LogP contribution in [0.25, 0.3) is 11.5 Å². The van der Waals surface area contributed by atoms with E-state index in [1.165, 1.54) is 18.2 Å². The van der Waals surface area contributed by atoms with Crippen LogP contribution in [-0.4, -0.2) is 16.0 Å². The Balaban J connectivity index is 1.72. The van der Waals surface area contributed by atoms with E-state index in [0.29, 0.717) is 15.6 Å². The third-order valence-corrected chi connectivity index (χ3v) is 3.64. The van der Waals surface area contributed by atoms with Crippen LogP contribution in [0.4, 0.5) is 10.1 Å². The summed E-state index contributed by atoms with van der Waals surface area (Å²) in [5, 5.41) is 7.01. The molecule has 1 heterocycles. The maximum absolute atomic E-state index is 13.5. The van der Waals surface area contributed by atoms with Crippen LogP contribution < -0.4 is 5.32 Å². The molecule has 1 amide bonds. The van der Waals surface area contributed by atoms with Gasteiger partial charge in [0, 0.05) is 5.02 Å². The molecule has 5 nitrogen and oxygen atoms in total. The predicted molar refractivity (Wildman–Crippen MR) is 88.5 cm³/mol. The maximum atomic E-state index is 13.5. The summed E-state index contributed by atoms with van der Waals surface area (Å²) in [7, 11) is 0. The van der Waals surface area contributed by atoms with Crippen LogP contribution in [-0.2, 0) is 11.2 Å². The first-order chi connectivity index (χ1) is 11.5. The third-order valence-electron chi connectivity index (χ3n) is 3.10. The van der Waals surface area contributed by atoms with Crippen LogP contribution in [0.5, 0.6) is 0 Å². The average Bonchev–Trinajstić information content (AvgIpc) is 2.97. The molecule has 1 aromatic heterocycles. The highest BCUT2D eigenvalue weighted by Crippen LogP contribution is 2.29. The minimum absolute atomic E-state index is 0.0898. The summed E-state index contributed by atoms with van der Waals surface area (Å²) in [6, 6.07) is 10.7. The van der Waals surface area contributed by atoms with Gasteiger partial charge in [-0.1, -0.05) is 40.5 Å². The Morgan fingerprint density at radius 2 is 2.00 bits per heavy atom. The topological polar surface area (TPSA) is 68.0 Å². The zero-order chi connectivity index (χ0) is 17.1. The van der Waals surface area contributed by atoms with E-state index in [4.69, 9.17) is 27.7 Å². The predicted octanol–water partition coefficient (Wildman–Crippen LogP) is 4.36. The van der Waals surface area contributed by atoms with E-state index in [-0.39, 0.29) is 23.8 Å².